The minimum atomic E-state index is -0.540. The Bertz CT molecular complexity index is 730. The van der Waals surface area contributed by atoms with Crippen LogP contribution in [0.15, 0.2) is 36.5 Å². The number of nitro groups is 1. The van der Waals surface area contributed by atoms with E-state index in [4.69, 9.17) is 9.47 Å². The van der Waals surface area contributed by atoms with Gasteiger partial charge >= 0.3 is 5.97 Å². The van der Waals surface area contributed by atoms with Crippen LogP contribution in [-0.2, 0) is 9.47 Å². The van der Waals surface area contributed by atoms with Gasteiger partial charge in [-0.1, -0.05) is 0 Å². The molecule has 0 spiro atoms. The molecule has 1 aliphatic rings. The highest BCUT2D eigenvalue weighted by atomic mass is 127. The lowest BCUT2D eigenvalue weighted by Crippen LogP contribution is -2.28. The Hall–Kier alpha value is -2.01. The minimum Gasteiger partial charge on any atom is -0.454 e. The van der Waals surface area contributed by atoms with Crippen molar-refractivity contribution in [3.05, 3.63) is 55.9 Å². The van der Waals surface area contributed by atoms with Crippen molar-refractivity contribution in [2.75, 3.05) is 13.2 Å². The van der Waals surface area contributed by atoms with Gasteiger partial charge in [0.15, 0.2) is 0 Å². The molecule has 120 valence electrons. The van der Waals surface area contributed by atoms with Crippen LogP contribution in [0.3, 0.4) is 0 Å². The number of carbonyl (C=O) groups is 1. The van der Waals surface area contributed by atoms with E-state index in [2.05, 4.69) is 27.7 Å². The Morgan fingerprint density at radius 3 is 2.70 bits per heavy atom. The number of hydrogen-bond donors (Lipinski definition) is 0. The highest BCUT2D eigenvalue weighted by Gasteiger charge is 2.34. The van der Waals surface area contributed by atoms with E-state index in [9.17, 15) is 14.9 Å². The fourth-order valence-corrected chi connectivity index (χ4v) is 2.72. The van der Waals surface area contributed by atoms with Crippen molar-refractivity contribution < 1.29 is 19.2 Å². The molecule has 1 fully saturated rings. The molecular weight excluding hydrogens is 417 g/mol. The van der Waals surface area contributed by atoms with Crippen molar-refractivity contribution in [3.63, 3.8) is 0 Å². The van der Waals surface area contributed by atoms with Crippen LogP contribution in [0.2, 0.25) is 0 Å². The molecular formula is C14H12IN3O5. The maximum atomic E-state index is 12.2. The molecule has 0 saturated carbocycles. The zero-order valence-electron chi connectivity index (χ0n) is 11.8. The third-order valence-electron chi connectivity index (χ3n) is 3.49. The van der Waals surface area contributed by atoms with E-state index in [-0.39, 0.29) is 17.3 Å². The van der Waals surface area contributed by atoms with Crippen LogP contribution in [0.1, 0.15) is 16.4 Å². The summed E-state index contributed by atoms with van der Waals surface area (Å²) in [5.74, 6) is -0.540. The van der Waals surface area contributed by atoms with Crippen LogP contribution >= 0.6 is 22.6 Å². The lowest BCUT2D eigenvalue weighted by Gasteiger charge is -2.18. The van der Waals surface area contributed by atoms with Crippen molar-refractivity contribution in [2.45, 2.75) is 12.1 Å². The minimum absolute atomic E-state index is 0.0743. The lowest BCUT2D eigenvalue weighted by atomic mass is 10.2. The summed E-state index contributed by atoms with van der Waals surface area (Å²) in [5.41, 5.74) is 0.186. The van der Waals surface area contributed by atoms with Crippen molar-refractivity contribution in [3.8, 4) is 0 Å². The van der Waals surface area contributed by atoms with E-state index in [1.165, 1.54) is 24.3 Å². The van der Waals surface area contributed by atoms with Gasteiger partial charge in [-0.2, -0.15) is 5.10 Å². The second-order valence-electron chi connectivity index (χ2n) is 4.97. The number of esters is 1. The van der Waals surface area contributed by atoms with Crippen LogP contribution in [0.25, 0.3) is 0 Å². The summed E-state index contributed by atoms with van der Waals surface area (Å²) in [7, 11) is 0. The highest BCUT2D eigenvalue weighted by molar-refractivity contribution is 14.1. The Kier molecular flexibility index (Phi) is 4.57. The van der Waals surface area contributed by atoms with Crippen LogP contribution < -0.4 is 0 Å². The van der Waals surface area contributed by atoms with Crippen molar-refractivity contribution in [2.24, 2.45) is 0 Å². The van der Waals surface area contributed by atoms with Gasteiger partial charge in [0.1, 0.15) is 15.8 Å². The number of carbonyl (C=O) groups excluding carboxylic acids is 1. The monoisotopic (exact) mass is 429 g/mol. The quantitative estimate of drug-likeness (QED) is 0.320. The Balaban J connectivity index is 1.70. The Morgan fingerprint density at radius 2 is 2.09 bits per heavy atom. The molecule has 1 saturated heterocycles. The molecule has 0 aliphatic carbocycles. The third kappa shape index (κ3) is 3.50. The summed E-state index contributed by atoms with van der Waals surface area (Å²) in [6.07, 6.45) is 1.36. The largest absolute Gasteiger partial charge is 0.454 e. The third-order valence-corrected chi connectivity index (χ3v) is 4.06. The summed E-state index contributed by atoms with van der Waals surface area (Å²) < 4.78 is 13.4. The molecule has 2 atom stereocenters. The van der Waals surface area contributed by atoms with Crippen LogP contribution in [-0.4, -0.2) is 40.0 Å². The SMILES string of the molecule is O=C(O[C@@H]1COC[C@@H]1n1ccc(I)n1)c1ccc([N+](=O)[O-])cc1. The van der Waals surface area contributed by atoms with Crippen LogP contribution in [0, 0.1) is 13.8 Å². The van der Waals surface area contributed by atoms with Gasteiger partial charge in [-0.15, -0.1) is 0 Å². The number of nitro benzene ring substituents is 1. The highest BCUT2D eigenvalue weighted by Crippen LogP contribution is 2.24. The van der Waals surface area contributed by atoms with Gasteiger partial charge in [0.25, 0.3) is 5.69 Å². The van der Waals surface area contributed by atoms with Gasteiger partial charge in [0, 0.05) is 18.3 Å². The molecule has 0 bridgehead atoms. The second-order valence-corrected chi connectivity index (χ2v) is 6.08. The van der Waals surface area contributed by atoms with Gasteiger partial charge in [0.05, 0.1) is 23.7 Å². The predicted octanol–water partition coefficient (Wildman–Crippen LogP) is 2.19. The maximum Gasteiger partial charge on any atom is 0.338 e. The number of ether oxygens (including phenoxy) is 2. The molecule has 9 heteroatoms. The van der Waals surface area contributed by atoms with Gasteiger partial charge in [-0.05, 0) is 40.8 Å². The van der Waals surface area contributed by atoms with Crippen molar-refractivity contribution in [1.82, 2.24) is 9.78 Å². The van der Waals surface area contributed by atoms with E-state index >= 15 is 0 Å². The fourth-order valence-electron chi connectivity index (χ4n) is 2.31. The van der Waals surface area contributed by atoms with Crippen molar-refractivity contribution in [1.29, 1.82) is 0 Å². The molecule has 1 aromatic carbocycles. The van der Waals surface area contributed by atoms with Gasteiger partial charge < -0.3 is 9.47 Å². The number of aromatic nitrogens is 2. The zero-order valence-corrected chi connectivity index (χ0v) is 14.0. The fraction of sp³-hybridized carbons (Fsp3) is 0.286. The molecule has 0 unspecified atom stereocenters. The van der Waals surface area contributed by atoms with Crippen LogP contribution in [0.5, 0.6) is 0 Å². The molecule has 2 heterocycles. The first kappa shape index (κ1) is 15.9. The van der Waals surface area contributed by atoms with E-state index in [1.54, 1.807) is 4.68 Å². The lowest BCUT2D eigenvalue weighted by molar-refractivity contribution is -0.384. The maximum absolute atomic E-state index is 12.2. The first-order chi connectivity index (χ1) is 11.0. The van der Waals surface area contributed by atoms with E-state index < -0.39 is 17.0 Å². The number of nitrogens with zero attached hydrogens (tertiary/aromatic N) is 3. The standard InChI is InChI=1S/C14H12IN3O5/c15-13-5-6-17(16-13)11-7-22-8-12(11)23-14(19)9-1-3-10(4-2-9)18(20)21/h1-6,11-12H,7-8H2/t11-,12+/m0/s1. The number of rotatable bonds is 4. The van der Waals surface area contributed by atoms with E-state index in [0.717, 1.165) is 3.70 Å². The number of hydrogen-bond acceptors (Lipinski definition) is 6. The number of non-ortho nitro benzene ring substituents is 1. The molecule has 3 rings (SSSR count). The molecule has 23 heavy (non-hydrogen) atoms. The molecule has 0 N–H and O–H groups in total. The summed E-state index contributed by atoms with van der Waals surface area (Å²) in [6, 6.07) is 6.98. The predicted molar refractivity (Wildman–Crippen MR) is 87.1 cm³/mol. The zero-order chi connectivity index (χ0) is 16.4. The smallest absolute Gasteiger partial charge is 0.338 e. The van der Waals surface area contributed by atoms with Crippen molar-refractivity contribution >= 4 is 34.2 Å². The molecule has 8 nitrogen and oxygen atoms in total. The first-order valence-electron chi connectivity index (χ1n) is 6.78. The molecule has 1 aliphatic heterocycles. The topological polar surface area (TPSA) is 96.5 Å². The summed E-state index contributed by atoms with van der Waals surface area (Å²) >= 11 is 2.10. The average molecular weight is 429 g/mol. The van der Waals surface area contributed by atoms with Gasteiger partial charge in [-0.25, -0.2) is 4.79 Å². The van der Waals surface area contributed by atoms with E-state index in [1.807, 2.05) is 12.3 Å². The summed E-state index contributed by atoms with van der Waals surface area (Å²) in [4.78, 5) is 22.3. The number of halogens is 1. The van der Waals surface area contributed by atoms with Crippen LogP contribution in [0.4, 0.5) is 5.69 Å². The average Bonchev–Trinajstić information content (AvgIpc) is 3.16. The second kappa shape index (κ2) is 6.62. The molecule has 2 aromatic rings. The van der Waals surface area contributed by atoms with Gasteiger partial charge in [0.2, 0.25) is 0 Å². The molecule has 0 radical (unpaired) electrons. The summed E-state index contributed by atoms with van der Waals surface area (Å²) in [5, 5.41) is 14.9. The van der Waals surface area contributed by atoms with E-state index in [0.29, 0.717) is 13.2 Å². The number of benzene rings is 1. The molecule has 1 aromatic heterocycles. The first-order valence-corrected chi connectivity index (χ1v) is 7.86. The Morgan fingerprint density at radius 1 is 1.35 bits per heavy atom. The normalized spacial score (nSPS) is 20.4. The molecule has 0 amide bonds. The Labute approximate surface area is 144 Å². The van der Waals surface area contributed by atoms with Gasteiger partial charge in [-0.3, -0.25) is 14.8 Å². The summed E-state index contributed by atoms with van der Waals surface area (Å²) in [6.45, 7) is 0.704.